The molecule has 0 heterocycles. The normalized spacial score (nSPS) is 30.4. The van der Waals surface area contributed by atoms with Crippen LogP contribution in [0.3, 0.4) is 0 Å². The van der Waals surface area contributed by atoms with E-state index in [4.69, 9.17) is 4.74 Å². The first-order valence-electron chi connectivity index (χ1n) is 8.43. The fraction of sp³-hybridized carbons (Fsp3) is 1.00. The molecule has 0 aromatic heterocycles. The van der Waals surface area contributed by atoms with E-state index in [1.54, 1.807) is 0 Å². The summed E-state index contributed by atoms with van der Waals surface area (Å²) in [6, 6.07) is 0.557. The van der Waals surface area contributed by atoms with Gasteiger partial charge in [-0.15, -0.1) is 0 Å². The molecule has 1 aliphatic rings. The van der Waals surface area contributed by atoms with E-state index in [9.17, 15) is 5.11 Å². The zero-order chi connectivity index (χ0) is 15.1. The highest BCUT2D eigenvalue weighted by Gasteiger charge is 2.26. The summed E-state index contributed by atoms with van der Waals surface area (Å²) >= 11 is 0. The van der Waals surface area contributed by atoms with Crippen molar-refractivity contribution in [3.63, 3.8) is 0 Å². The molecular formula is C17H35NO2. The highest BCUT2D eigenvalue weighted by molar-refractivity contribution is 4.82. The molecule has 0 aromatic carbocycles. The van der Waals surface area contributed by atoms with Crippen LogP contribution < -0.4 is 5.32 Å². The Hall–Kier alpha value is -0.120. The Kier molecular flexibility index (Phi) is 8.08. The third-order valence-corrected chi connectivity index (χ3v) is 4.70. The van der Waals surface area contributed by atoms with Crippen molar-refractivity contribution >= 4 is 0 Å². The molecule has 0 bridgehead atoms. The predicted molar refractivity (Wildman–Crippen MR) is 84.8 cm³/mol. The Morgan fingerprint density at radius 3 is 2.55 bits per heavy atom. The highest BCUT2D eigenvalue weighted by Crippen LogP contribution is 2.29. The first-order valence-corrected chi connectivity index (χ1v) is 8.43. The molecule has 0 radical (unpaired) electrons. The van der Waals surface area contributed by atoms with Gasteiger partial charge in [-0.1, -0.05) is 40.5 Å². The quantitative estimate of drug-likeness (QED) is 0.719. The Morgan fingerprint density at radius 1 is 1.20 bits per heavy atom. The van der Waals surface area contributed by atoms with Crippen LogP contribution in [0.2, 0.25) is 0 Å². The van der Waals surface area contributed by atoms with Crippen LogP contribution in [-0.4, -0.2) is 36.5 Å². The Balaban J connectivity index is 2.17. The lowest BCUT2D eigenvalue weighted by Gasteiger charge is -2.35. The van der Waals surface area contributed by atoms with Crippen LogP contribution >= 0.6 is 0 Å². The SMILES string of the molecule is CC(C)CC(C)OCC(O)CNC1CCCC(C)C1C. The number of rotatable bonds is 8. The average molecular weight is 285 g/mol. The van der Waals surface area contributed by atoms with Gasteiger partial charge >= 0.3 is 0 Å². The van der Waals surface area contributed by atoms with Gasteiger partial charge in [-0.3, -0.25) is 0 Å². The van der Waals surface area contributed by atoms with Gasteiger partial charge in [0.05, 0.1) is 18.8 Å². The average Bonchev–Trinajstić information content (AvgIpc) is 2.37. The Labute approximate surface area is 125 Å². The molecule has 1 aliphatic carbocycles. The summed E-state index contributed by atoms with van der Waals surface area (Å²) in [5.41, 5.74) is 0. The van der Waals surface area contributed by atoms with Crippen molar-refractivity contribution in [2.45, 2.75) is 78.6 Å². The second-order valence-corrected chi connectivity index (χ2v) is 7.21. The smallest absolute Gasteiger partial charge is 0.0897 e. The molecule has 5 unspecified atom stereocenters. The summed E-state index contributed by atoms with van der Waals surface area (Å²) in [6.45, 7) is 12.2. The molecule has 0 saturated heterocycles. The predicted octanol–water partition coefficient (Wildman–Crippen LogP) is 3.21. The maximum atomic E-state index is 10.0. The maximum Gasteiger partial charge on any atom is 0.0897 e. The number of aliphatic hydroxyl groups excluding tert-OH is 1. The number of ether oxygens (including phenoxy) is 1. The number of hydrogen-bond donors (Lipinski definition) is 2. The monoisotopic (exact) mass is 285 g/mol. The summed E-state index contributed by atoms with van der Waals surface area (Å²) in [6.07, 6.45) is 4.78. The van der Waals surface area contributed by atoms with Gasteiger partial charge in [0, 0.05) is 12.6 Å². The topological polar surface area (TPSA) is 41.5 Å². The first kappa shape index (κ1) is 17.9. The van der Waals surface area contributed by atoms with E-state index in [0.717, 1.165) is 12.3 Å². The first-order chi connectivity index (χ1) is 9.40. The van der Waals surface area contributed by atoms with E-state index in [-0.39, 0.29) is 6.10 Å². The minimum absolute atomic E-state index is 0.235. The number of aliphatic hydroxyl groups is 1. The summed E-state index contributed by atoms with van der Waals surface area (Å²) in [5.74, 6) is 2.14. The van der Waals surface area contributed by atoms with Gasteiger partial charge in [0.1, 0.15) is 0 Å². The van der Waals surface area contributed by atoms with Crippen LogP contribution in [0, 0.1) is 17.8 Å². The largest absolute Gasteiger partial charge is 0.389 e. The molecule has 3 heteroatoms. The molecule has 20 heavy (non-hydrogen) atoms. The zero-order valence-electron chi connectivity index (χ0n) is 14.1. The van der Waals surface area contributed by atoms with Crippen LogP contribution in [0.1, 0.15) is 60.3 Å². The van der Waals surface area contributed by atoms with Crippen molar-refractivity contribution in [3.05, 3.63) is 0 Å². The van der Waals surface area contributed by atoms with Crippen LogP contribution in [-0.2, 0) is 4.74 Å². The lowest BCUT2D eigenvalue weighted by atomic mass is 9.78. The lowest BCUT2D eigenvalue weighted by Crippen LogP contribution is -2.44. The molecule has 120 valence electrons. The molecule has 5 atom stereocenters. The van der Waals surface area contributed by atoms with Gasteiger partial charge in [-0.2, -0.15) is 0 Å². The second-order valence-electron chi connectivity index (χ2n) is 7.21. The molecule has 3 nitrogen and oxygen atoms in total. The molecule has 2 N–H and O–H groups in total. The third-order valence-electron chi connectivity index (χ3n) is 4.70. The molecule has 1 saturated carbocycles. The van der Waals surface area contributed by atoms with Gasteiger partial charge in [-0.05, 0) is 37.5 Å². The fourth-order valence-electron chi connectivity index (χ4n) is 3.22. The van der Waals surface area contributed by atoms with Crippen molar-refractivity contribution in [2.24, 2.45) is 17.8 Å². The molecule has 0 amide bonds. The van der Waals surface area contributed by atoms with Crippen molar-refractivity contribution in [3.8, 4) is 0 Å². The molecule has 0 aliphatic heterocycles. The Bertz CT molecular complexity index is 257. The summed E-state index contributed by atoms with van der Waals surface area (Å²) in [7, 11) is 0. The highest BCUT2D eigenvalue weighted by atomic mass is 16.5. The van der Waals surface area contributed by atoms with E-state index in [1.807, 2.05) is 0 Å². The van der Waals surface area contributed by atoms with Crippen LogP contribution in [0.5, 0.6) is 0 Å². The zero-order valence-corrected chi connectivity index (χ0v) is 14.1. The number of nitrogens with one attached hydrogen (secondary N) is 1. The van der Waals surface area contributed by atoms with E-state index >= 15 is 0 Å². The van der Waals surface area contributed by atoms with Gasteiger partial charge in [0.25, 0.3) is 0 Å². The van der Waals surface area contributed by atoms with Crippen LogP contribution in [0.25, 0.3) is 0 Å². The second kappa shape index (κ2) is 9.01. The Morgan fingerprint density at radius 2 is 1.90 bits per heavy atom. The standard InChI is InChI=1S/C17H35NO2/c1-12(2)9-14(4)20-11-16(19)10-18-17-8-6-7-13(3)15(17)5/h12-19H,6-11H2,1-5H3. The van der Waals surface area contributed by atoms with Crippen molar-refractivity contribution in [2.75, 3.05) is 13.2 Å². The van der Waals surface area contributed by atoms with Gasteiger partial charge in [0.15, 0.2) is 0 Å². The minimum atomic E-state index is -0.394. The summed E-state index contributed by atoms with van der Waals surface area (Å²) in [5, 5.41) is 13.6. The third kappa shape index (κ3) is 6.55. The van der Waals surface area contributed by atoms with E-state index < -0.39 is 6.10 Å². The lowest BCUT2D eigenvalue weighted by molar-refractivity contribution is -0.0106. The maximum absolute atomic E-state index is 10.0. The fourth-order valence-corrected chi connectivity index (χ4v) is 3.22. The number of hydrogen-bond acceptors (Lipinski definition) is 3. The van der Waals surface area contributed by atoms with Gasteiger partial charge in [0.2, 0.25) is 0 Å². The molecule has 1 fully saturated rings. The van der Waals surface area contributed by atoms with Crippen LogP contribution in [0.15, 0.2) is 0 Å². The van der Waals surface area contributed by atoms with Crippen LogP contribution in [0.4, 0.5) is 0 Å². The van der Waals surface area contributed by atoms with Gasteiger partial charge in [-0.25, -0.2) is 0 Å². The van der Waals surface area contributed by atoms with Crippen molar-refractivity contribution in [1.29, 1.82) is 0 Å². The minimum Gasteiger partial charge on any atom is -0.389 e. The molecule has 0 spiro atoms. The molecular weight excluding hydrogens is 250 g/mol. The van der Waals surface area contributed by atoms with Crippen molar-refractivity contribution < 1.29 is 9.84 Å². The van der Waals surface area contributed by atoms with E-state index in [0.29, 0.717) is 31.0 Å². The van der Waals surface area contributed by atoms with Crippen molar-refractivity contribution in [1.82, 2.24) is 5.32 Å². The summed E-state index contributed by atoms with van der Waals surface area (Å²) in [4.78, 5) is 0. The van der Waals surface area contributed by atoms with Gasteiger partial charge < -0.3 is 15.2 Å². The molecule has 1 rings (SSSR count). The van der Waals surface area contributed by atoms with E-state index in [2.05, 4.69) is 39.9 Å². The van der Waals surface area contributed by atoms with E-state index in [1.165, 1.54) is 19.3 Å². The summed E-state index contributed by atoms with van der Waals surface area (Å²) < 4.78 is 5.71. The molecule has 0 aromatic rings.